The molecule has 1 aromatic heterocycles. The number of aliphatic hydroxyl groups is 1. The first-order valence-corrected chi connectivity index (χ1v) is 6.09. The Morgan fingerprint density at radius 1 is 1.47 bits per heavy atom. The van der Waals surface area contributed by atoms with Crippen molar-refractivity contribution in [1.82, 2.24) is 9.97 Å². The van der Waals surface area contributed by atoms with Gasteiger partial charge in [-0.3, -0.25) is 4.79 Å². The standard InChI is InChI=1S/C11H18N6O2/c1-5-9(14-4-7(18)8(12)19)15-11(6-2-3-6)16-10(5)17-13/h6-7,18H,2-4,13H2,1H3,(H2,12,19)(H2,14,15,16,17). The molecular weight excluding hydrogens is 248 g/mol. The van der Waals surface area contributed by atoms with Gasteiger partial charge in [-0.1, -0.05) is 0 Å². The molecule has 19 heavy (non-hydrogen) atoms. The van der Waals surface area contributed by atoms with Crippen molar-refractivity contribution in [3.8, 4) is 0 Å². The molecule has 0 aromatic carbocycles. The zero-order valence-electron chi connectivity index (χ0n) is 10.7. The maximum atomic E-state index is 10.8. The van der Waals surface area contributed by atoms with Crippen molar-refractivity contribution in [2.24, 2.45) is 11.6 Å². The first-order chi connectivity index (χ1) is 9.02. The number of nitrogens with two attached hydrogens (primary N) is 2. The van der Waals surface area contributed by atoms with Gasteiger partial charge < -0.3 is 21.6 Å². The van der Waals surface area contributed by atoms with Crippen molar-refractivity contribution in [2.75, 3.05) is 17.3 Å². The van der Waals surface area contributed by atoms with Gasteiger partial charge >= 0.3 is 0 Å². The number of hydrogen-bond donors (Lipinski definition) is 5. The van der Waals surface area contributed by atoms with Crippen LogP contribution in [0.15, 0.2) is 0 Å². The molecule has 1 saturated carbocycles. The highest BCUT2D eigenvalue weighted by atomic mass is 16.3. The molecule has 0 bridgehead atoms. The zero-order chi connectivity index (χ0) is 14.0. The molecule has 1 aliphatic rings. The van der Waals surface area contributed by atoms with Gasteiger partial charge in [-0.15, -0.1) is 0 Å². The number of carbonyl (C=O) groups excluding carboxylic acids is 1. The molecule has 2 rings (SSSR count). The van der Waals surface area contributed by atoms with Crippen LogP contribution in [0.25, 0.3) is 0 Å². The highest BCUT2D eigenvalue weighted by molar-refractivity contribution is 5.79. The summed E-state index contributed by atoms with van der Waals surface area (Å²) >= 11 is 0. The maximum Gasteiger partial charge on any atom is 0.248 e. The second kappa shape index (κ2) is 5.37. The van der Waals surface area contributed by atoms with Gasteiger partial charge in [-0.05, 0) is 19.8 Å². The lowest BCUT2D eigenvalue weighted by Gasteiger charge is -2.14. The predicted molar refractivity (Wildman–Crippen MR) is 70.2 cm³/mol. The molecule has 1 aliphatic carbocycles. The first kappa shape index (κ1) is 13.5. The van der Waals surface area contributed by atoms with Crippen LogP contribution < -0.4 is 22.3 Å². The number of primary amides is 1. The van der Waals surface area contributed by atoms with E-state index in [2.05, 4.69) is 20.7 Å². The summed E-state index contributed by atoms with van der Waals surface area (Å²) in [5, 5.41) is 12.3. The Morgan fingerprint density at radius 3 is 2.63 bits per heavy atom. The SMILES string of the molecule is Cc1c(NN)nc(C2CC2)nc1NCC(O)C(N)=O. The van der Waals surface area contributed by atoms with Gasteiger partial charge in [0, 0.05) is 11.5 Å². The lowest BCUT2D eigenvalue weighted by molar-refractivity contribution is -0.125. The maximum absolute atomic E-state index is 10.8. The van der Waals surface area contributed by atoms with E-state index in [1.807, 2.05) is 0 Å². The summed E-state index contributed by atoms with van der Waals surface area (Å²) in [6.07, 6.45) is 0.875. The van der Waals surface area contributed by atoms with Gasteiger partial charge in [0.2, 0.25) is 5.91 Å². The fraction of sp³-hybridized carbons (Fsp3) is 0.545. The number of rotatable bonds is 6. The van der Waals surface area contributed by atoms with E-state index in [1.165, 1.54) is 0 Å². The lowest BCUT2D eigenvalue weighted by atomic mass is 10.2. The minimum Gasteiger partial charge on any atom is -0.381 e. The Hall–Kier alpha value is -1.93. The third kappa shape index (κ3) is 3.09. The molecule has 1 unspecified atom stereocenters. The Kier molecular flexibility index (Phi) is 3.82. The van der Waals surface area contributed by atoms with E-state index in [9.17, 15) is 9.90 Å². The van der Waals surface area contributed by atoms with E-state index in [4.69, 9.17) is 11.6 Å². The number of aromatic nitrogens is 2. The minimum atomic E-state index is -1.26. The van der Waals surface area contributed by atoms with E-state index < -0.39 is 12.0 Å². The number of aliphatic hydroxyl groups excluding tert-OH is 1. The smallest absolute Gasteiger partial charge is 0.248 e. The van der Waals surface area contributed by atoms with Gasteiger partial charge in [0.1, 0.15) is 23.6 Å². The summed E-state index contributed by atoms with van der Waals surface area (Å²) in [7, 11) is 0. The van der Waals surface area contributed by atoms with E-state index in [-0.39, 0.29) is 6.54 Å². The number of hydrogen-bond acceptors (Lipinski definition) is 7. The van der Waals surface area contributed by atoms with Crippen molar-refractivity contribution in [2.45, 2.75) is 31.8 Å². The number of hydrazine groups is 1. The van der Waals surface area contributed by atoms with E-state index in [0.29, 0.717) is 17.6 Å². The summed E-state index contributed by atoms with van der Waals surface area (Å²) < 4.78 is 0. The Bertz CT molecular complexity index is 488. The van der Waals surface area contributed by atoms with Crippen LogP contribution in [0.2, 0.25) is 0 Å². The zero-order valence-corrected chi connectivity index (χ0v) is 10.7. The number of amides is 1. The average Bonchev–Trinajstić information content (AvgIpc) is 3.21. The molecule has 1 aromatic rings. The molecule has 1 amide bonds. The summed E-state index contributed by atoms with van der Waals surface area (Å²) in [4.78, 5) is 19.5. The van der Waals surface area contributed by atoms with Crippen LogP contribution >= 0.6 is 0 Å². The van der Waals surface area contributed by atoms with Crippen molar-refractivity contribution in [1.29, 1.82) is 0 Å². The molecule has 104 valence electrons. The van der Waals surface area contributed by atoms with Gasteiger partial charge in [0.15, 0.2) is 0 Å². The van der Waals surface area contributed by atoms with Crippen molar-refractivity contribution >= 4 is 17.5 Å². The number of nitrogens with zero attached hydrogens (tertiary/aromatic N) is 2. The van der Waals surface area contributed by atoms with Crippen LogP contribution in [-0.4, -0.2) is 33.6 Å². The number of anilines is 2. The highest BCUT2D eigenvalue weighted by Gasteiger charge is 2.28. The van der Waals surface area contributed by atoms with Crippen LogP contribution in [0.4, 0.5) is 11.6 Å². The van der Waals surface area contributed by atoms with Crippen molar-refractivity contribution in [3.63, 3.8) is 0 Å². The van der Waals surface area contributed by atoms with Crippen LogP contribution in [-0.2, 0) is 4.79 Å². The molecule has 1 fully saturated rings. The summed E-state index contributed by atoms with van der Waals surface area (Å²) in [5.41, 5.74) is 8.24. The van der Waals surface area contributed by atoms with E-state index in [1.54, 1.807) is 6.92 Å². The van der Waals surface area contributed by atoms with Gasteiger partial charge in [0.25, 0.3) is 0 Å². The molecule has 8 heteroatoms. The molecule has 1 heterocycles. The number of carbonyl (C=O) groups is 1. The highest BCUT2D eigenvalue weighted by Crippen LogP contribution is 2.39. The number of nitrogens with one attached hydrogen (secondary N) is 2. The minimum absolute atomic E-state index is 0.00129. The Morgan fingerprint density at radius 2 is 2.11 bits per heavy atom. The quantitative estimate of drug-likeness (QED) is 0.335. The summed E-state index contributed by atoms with van der Waals surface area (Å²) in [6.45, 7) is 1.80. The summed E-state index contributed by atoms with van der Waals surface area (Å²) in [6, 6.07) is 0. The topological polar surface area (TPSA) is 139 Å². The predicted octanol–water partition coefficient (Wildman–Crippen LogP) is -0.794. The fourth-order valence-corrected chi connectivity index (χ4v) is 1.66. The lowest BCUT2D eigenvalue weighted by Crippen LogP contribution is -2.34. The second-order valence-electron chi connectivity index (χ2n) is 4.62. The van der Waals surface area contributed by atoms with Crippen LogP contribution in [0, 0.1) is 6.92 Å². The molecule has 0 radical (unpaired) electrons. The molecule has 0 saturated heterocycles. The monoisotopic (exact) mass is 266 g/mol. The Balaban J connectivity index is 2.18. The average molecular weight is 266 g/mol. The molecule has 0 aliphatic heterocycles. The van der Waals surface area contributed by atoms with Gasteiger partial charge in [-0.25, -0.2) is 15.8 Å². The third-order valence-electron chi connectivity index (χ3n) is 3.03. The van der Waals surface area contributed by atoms with Crippen LogP contribution in [0.3, 0.4) is 0 Å². The van der Waals surface area contributed by atoms with Gasteiger partial charge in [0.05, 0.1) is 6.54 Å². The molecule has 7 N–H and O–H groups in total. The molecule has 1 atom stereocenters. The second-order valence-corrected chi connectivity index (χ2v) is 4.62. The molecule has 8 nitrogen and oxygen atoms in total. The van der Waals surface area contributed by atoms with Crippen LogP contribution in [0.5, 0.6) is 0 Å². The van der Waals surface area contributed by atoms with E-state index >= 15 is 0 Å². The largest absolute Gasteiger partial charge is 0.381 e. The van der Waals surface area contributed by atoms with Gasteiger partial charge in [-0.2, -0.15) is 0 Å². The molecule has 0 spiro atoms. The third-order valence-corrected chi connectivity index (χ3v) is 3.03. The van der Waals surface area contributed by atoms with E-state index in [0.717, 1.165) is 24.2 Å². The van der Waals surface area contributed by atoms with Crippen molar-refractivity contribution < 1.29 is 9.90 Å². The summed E-state index contributed by atoms with van der Waals surface area (Å²) in [5.74, 6) is 6.81. The normalized spacial score (nSPS) is 15.9. The Labute approximate surface area is 110 Å². The number of nitrogen functional groups attached to an aromatic ring is 1. The van der Waals surface area contributed by atoms with Crippen LogP contribution in [0.1, 0.15) is 30.1 Å². The van der Waals surface area contributed by atoms with Crippen molar-refractivity contribution in [3.05, 3.63) is 11.4 Å². The fourth-order valence-electron chi connectivity index (χ4n) is 1.66. The first-order valence-electron chi connectivity index (χ1n) is 6.09. The molecular formula is C11H18N6O2.